The molecule has 6 nitrogen and oxygen atoms in total. The third-order valence-corrected chi connectivity index (χ3v) is 4.75. The molecule has 154 valence electrons. The molecule has 1 aromatic heterocycles. The largest absolute Gasteiger partial charge is 0.354 e. The van der Waals surface area contributed by atoms with Crippen LogP contribution in [0.1, 0.15) is 18.0 Å². The first-order chi connectivity index (χ1) is 12.7. The van der Waals surface area contributed by atoms with Crippen molar-refractivity contribution in [3.05, 3.63) is 60.3 Å². The molecule has 1 unspecified atom stereocenters. The average molecular weight is 426 g/mol. The Morgan fingerprint density at radius 3 is 2.36 bits per heavy atom. The van der Waals surface area contributed by atoms with Crippen molar-refractivity contribution in [2.24, 2.45) is 5.73 Å². The van der Waals surface area contributed by atoms with Crippen LogP contribution in [0.4, 0.5) is 5.82 Å². The van der Waals surface area contributed by atoms with Gasteiger partial charge in [0.15, 0.2) is 0 Å². The van der Waals surface area contributed by atoms with E-state index in [0.717, 1.165) is 44.1 Å². The van der Waals surface area contributed by atoms with Gasteiger partial charge in [0, 0.05) is 57.9 Å². The Kier molecular flexibility index (Phi) is 10.9. The molecule has 1 aliphatic heterocycles. The van der Waals surface area contributed by atoms with E-state index in [-0.39, 0.29) is 36.8 Å². The molecule has 0 bridgehead atoms. The summed E-state index contributed by atoms with van der Waals surface area (Å²) in [5.41, 5.74) is 7.16. The van der Waals surface area contributed by atoms with E-state index in [1.54, 1.807) is 0 Å². The second-order valence-electron chi connectivity index (χ2n) is 6.59. The predicted octanol–water partition coefficient (Wildman–Crippen LogP) is 2.25. The molecule has 3 N–H and O–H groups in total. The summed E-state index contributed by atoms with van der Waals surface area (Å²) >= 11 is 0. The lowest BCUT2D eigenvalue weighted by Gasteiger charge is -2.35. The van der Waals surface area contributed by atoms with E-state index in [2.05, 4.69) is 20.1 Å². The van der Waals surface area contributed by atoms with Crippen LogP contribution in [0.2, 0.25) is 0 Å². The number of hydrogen-bond acceptors (Lipinski definition) is 5. The van der Waals surface area contributed by atoms with Crippen molar-refractivity contribution in [1.29, 1.82) is 0 Å². The molecular formula is C20H29Cl2N5O. The summed E-state index contributed by atoms with van der Waals surface area (Å²) in [6.07, 6.45) is 2.33. The number of nitrogens with one attached hydrogen (secondary N) is 1. The van der Waals surface area contributed by atoms with Crippen LogP contribution < -0.4 is 16.0 Å². The number of carbonyl (C=O) groups is 1. The van der Waals surface area contributed by atoms with Crippen LogP contribution in [0.3, 0.4) is 0 Å². The van der Waals surface area contributed by atoms with Gasteiger partial charge >= 0.3 is 0 Å². The summed E-state index contributed by atoms with van der Waals surface area (Å²) in [7, 11) is 0. The number of halogens is 2. The van der Waals surface area contributed by atoms with Crippen molar-refractivity contribution in [2.75, 3.05) is 44.2 Å². The van der Waals surface area contributed by atoms with E-state index in [9.17, 15) is 4.79 Å². The van der Waals surface area contributed by atoms with Crippen LogP contribution in [0.5, 0.6) is 0 Å². The molecule has 1 aromatic carbocycles. The quantitative estimate of drug-likeness (QED) is 0.711. The standard InChI is InChI=1S/C20H27N5O.2ClH/c21-18(17-6-2-1-3-7-17)16-23-20(26)9-11-24-12-14-25(15-13-24)19-8-4-5-10-22-19;;/h1-8,10,18H,9,11-16,21H2,(H,23,26);2*1H. The van der Waals surface area contributed by atoms with Crippen molar-refractivity contribution < 1.29 is 4.79 Å². The van der Waals surface area contributed by atoms with Gasteiger partial charge in [0.05, 0.1) is 0 Å². The van der Waals surface area contributed by atoms with Gasteiger partial charge in [0.2, 0.25) is 5.91 Å². The number of amides is 1. The number of nitrogens with two attached hydrogens (primary N) is 1. The fourth-order valence-electron chi connectivity index (χ4n) is 3.13. The summed E-state index contributed by atoms with van der Waals surface area (Å²) in [4.78, 5) is 21.1. The minimum absolute atomic E-state index is 0. The highest BCUT2D eigenvalue weighted by Crippen LogP contribution is 2.12. The Labute approximate surface area is 179 Å². The Bertz CT molecular complexity index is 682. The molecule has 2 heterocycles. The van der Waals surface area contributed by atoms with E-state index in [1.807, 2.05) is 54.7 Å². The van der Waals surface area contributed by atoms with E-state index >= 15 is 0 Å². The maximum atomic E-state index is 12.1. The highest BCUT2D eigenvalue weighted by molar-refractivity contribution is 5.85. The van der Waals surface area contributed by atoms with Crippen molar-refractivity contribution in [3.63, 3.8) is 0 Å². The fourth-order valence-corrected chi connectivity index (χ4v) is 3.13. The van der Waals surface area contributed by atoms with Gasteiger partial charge in [0.25, 0.3) is 0 Å². The number of nitrogens with zero attached hydrogens (tertiary/aromatic N) is 3. The second-order valence-corrected chi connectivity index (χ2v) is 6.59. The van der Waals surface area contributed by atoms with Gasteiger partial charge in [-0.3, -0.25) is 9.69 Å². The normalized spacial score (nSPS) is 15.1. The maximum Gasteiger partial charge on any atom is 0.221 e. The van der Waals surface area contributed by atoms with Crippen LogP contribution in [0.15, 0.2) is 54.7 Å². The van der Waals surface area contributed by atoms with E-state index < -0.39 is 0 Å². The molecular weight excluding hydrogens is 397 g/mol. The Morgan fingerprint density at radius 1 is 1.04 bits per heavy atom. The molecule has 1 fully saturated rings. The lowest BCUT2D eigenvalue weighted by molar-refractivity contribution is -0.121. The monoisotopic (exact) mass is 425 g/mol. The third kappa shape index (κ3) is 7.28. The minimum Gasteiger partial charge on any atom is -0.354 e. The summed E-state index contributed by atoms with van der Waals surface area (Å²) in [5.74, 6) is 1.09. The molecule has 1 saturated heterocycles. The van der Waals surface area contributed by atoms with Crippen LogP contribution in [0.25, 0.3) is 0 Å². The van der Waals surface area contributed by atoms with Gasteiger partial charge in [-0.05, 0) is 17.7 Å². The van der Waals surface area contributed by atoms with E-state index in [4.69, 9.17) is 5.73 Å². The molecule has 8 heteroatoms. The summed E-state index contributed by atoms with van der Waals surface area (Å²) < 4.78 is 0. The highest BCUT2D eigenvalue weighted by atomic mass is 35.5. The van der Waals surface area contributed by atoms with Crippen molar-refractivity contribution in [3.8, 4) is 0 Å². The summed E-state index contributed by atoms with van der Waals surface area (Å²) in [6.45, 7) is 5.04. The number of piperazine rings is 1. The van der Waals surface area contributed by atoms with Crippen LogP contribution in [-0.4, -0.2) is 55.1 Å². The van der Waals surface area contributed by atoms with Gasteiger partial charge in [-0.15, -0.1) is 24.8 Å². The molecule has 1 aliphatic rings. The predicted molar refractivity (Wildman–Crippen MR) is 118 cm³/mol. The van der Waals surface area contributed by atoms with Crippen LogP contribution in [-0.2, 0) is 4.79 Å². The second kappa shape index (κ2) is 12.6. The van der Waals surface area contributed by atoms with Crippen LogP contribution in [0, 0.1) is 0 Å². The SMILES string of the molecule is Cl.Cl.NC(CNC(=O)CCN1CCN(c2ccccn2)CC1)c1ccccc1. The molecule has 2 aromatic rings. The zero-order chi connectivity index (χ0) is 18.2. The Balaban J connectivity index is 0.00000196. The molecule has 1 amide bonds. The first kappa shape index (κ1) is 24.2. The number of carbonyl (C=O) groups excluding carboxylic acids is 1. The number of aromatic nitrogens is 1. The van der Waals surface area contributed by atoms with Gasteiger partial charge in [-0.25, -0.2) is 4.98 Å². The third-order valence-electron chi connectivity index (χ3n) is 4.75. The number of rotatable bonds is 7. The molecule has 1 atom stereocenters. The summed E-state index contributed by atoms with van der Waals surface area (Å²) in [5, 5.41) is 2.94. The Morgan fingerprint density at radius 2 is 1.71 bits per heavy atom. The molecule has 0 radical (unpaired) electrons. The van der Waals surface area contributed by atoms with Gasteiger partial charge in [0.1, 0.15) is 5.82 Å². The van der Waals surface area contributed by atoms with Crippen molar-refractivity contribution >= 4 is 36.5 Å². The zero-order valence-electron chi connectivity index (χ0n) is 15.9. The number of pyridine rings is 1. The zero-order valence-corrected chi connectivity index (χ0v) is 17.5. The number of benzene rings is 1. The van der Waals surface area contributed by atoms with Gasteiger partial charge in [-0.2, -0.15) is 0 Å². The molecule has 0 spiro atoms. The summed E-state index contributed by atoms with van der Waals surface area (Å²) in [6, 6.07) is 15.7. The molecule has 28 heavy (non-hydrogen) atoms. The van der Waals surface area contributed by atoms with Gasteiger partial charge < -0.3 is 16.0 Å². The molecule has 0 saturated carbocycles. The lowest BCUT2D eigenvalue weighted by atomic mass is 10.1. The smallest absolute Gasteiger partial charge is 0.221 e. The average Bonchev–Trinajstić information content (AvgIpc) is 2.72. The maximum absolute atomic E-state index is 12.1. The van der Waals surface area contributed by atoms with Crippen molar-refractivity contribution in [1.82, 2.24) is 15.2 Å². The first-order valence-electron chi connectivity index (χ1n) is 9.18. The van der Waals surface area contributed by atoms with Crippen LogP contribution >= 0.6 is 24.8 Å². The topological polar surface area (TPSA) is 74.5 Å². The fraction of sp³-hybridized carbons (Fsp3) is 0.400. The Hall–Kier alpha value is -1.86. The van der Waals surface area contributed by atoms with Gasteiger partial charge in [-0.1, -0.05) is 36.4 Å². The molecule has 0 aliphatic carbocycles. The molecule has 3 rings (SSSR count). The minimum atomic E-state index is -0.165. The number of anilines is 1. The van der Waals surface area contributed by atoms with E-state index in [0.29, 0.717) is 13.0 Å². The van der Waals surface area contributed by atoms with E-state index in [1.165, 1.54) is 0 Å². The number of hydrogen-bond donors (Lipinski definition) is 2. The first-order valence-corrected chi connectivity index (χ1v) is 9.18. The lowest BCUT2D eigenvalue weighted by Crippen LogP contribution is -2.47. The highest BCUT2D eigenvalue weighted by Gasteiger charge is 2.18. The van der Waals surface area contributed by atoms with Crippen molar-refractivity contribution in [2.45, 2.75) is 12.5 Å².